The van der Waals surface area contributed by atoms with E-state index in [4.69, 9.17) is 10.5 Å². The minimum atomic E-state index is -0.574. The molecule has 2 rings (SSSR count). The van der Waals surface area contributed by atoms with E-state index in [0.717, 1.165) is 0 Å². The van der Waals surface area contributed by atoms with Crippen molar-refractivity contribution in [2.75, 3.05) is 12.2 Å². The van der Waals surface area contributed by atoms with E-state index in [-0.39, 0.29) is 22.6 Å². The lowest BCUT2D eigenvalue weighted by molar-refractivity contribution is 0.100. The van der Waals surface area contributed by atoms with Gasteiger partial charge in [-0.05, 0) is 24.3 Å². The Kier molecular flexibility index (Phi) is 3.56. The van der Waals surface area contributed by atoms with Crippen molar-refractivity contribution in [3.05, 3.63) is 42.1 Å². The van der Waals surface area contributed by atoms with Crippen LogP contribution in [0.4, 0.5) is 16.1 Å². The monoisotopic (exact) mass is 262 g/mol. The van der Waals surface area contributed by atoms with Crippen molar-refractivity contribution in [1.82, 2.24) is 9.97 Å². The molecular formula is C12H11FN4O2. The van der Waals surface area contributed by atoms with E-state index in [1.165, 1.54) is 43.6 Å². The van der Waals surface area contributed by atoms with Gasteiger partial charge in [0.25, 0.3) is 5.95 Å². The first-order valence-electron chi connectivity index (χ1n) is 5.34. The molecule has 0 saturated heterocycles. The Morgan fingerprint density at radius 2 is 2.00 bits per heavy atom. The molecule has 7 heteroatoms. The summed E-state index contributed by atoms with van der Waals surface area (Å²) in [6, 6.07) is 7.16. The Labute approximate surface area is 108 Å². The summed E-state index contributed by atoms with van der Waals surface area (Å²) in [7, 11) is 1.43. The van der Waals surface area contributed by atoms with Gasteiger partial charge in [-0.25, -0.2) is 4.98 Å². The summed E-state index contributed by atoms with van der Waals surface area (Å²) in [5.74, 6) is -0.484. The highest BCUT2D eigenvalue weighted by atomic mass is 19.2. The molecule has 1 heterocycles. The largest absolute Gasteiger partial charge is 0.481 e. The highest BCUT2D eigenvalue weighted by Crippen LogP contribution is 2.23. The van der Waals surface area contributed by atoms with Gasteiger partial charge >= 0.3 is 0 Å². The van der Waals surface area contributed by atoms with E-state index in [1.807, 2.05) is 0 Å². The average molecular weight is 262 g/mol. The number of benzene rings is 1. The minimum absolute atomic E-state index is 0.161. The molecule has 98 valence electrons. The number of rotatable bonds is 4. The molecule has 0 spiro atoms. The van der Waals surface area contributed by atoms with Crippen molar-refractivity contribution >= 4 is 17.5 Å². The van der Waals surface area contributed by atoms with E-state index in [1.54, 1.807) is 0 Å². The van der Waals surface area contributed by atoms with Crippen LogP contribution < -0.4 is 15.6 Å². The second-order valence-electron chi connectivity index (χ2n) is 3.59. The maximum atomic E-state index is 14.1. The standard InChI is InChI=1S/C12H11FN4O2/c1-19-10-6-7-15-12(16-10)17(13)9-4-2-8(3-5-9)11(14)18/h2-7H,1H3,(H2,14,18). The van der Waals surface area contributed by atoms with E-state index in [2.05, 4.69) is 9.97 Å². The maximum absolute atomic E-state index is 14.1. The number of primary amides is 1. The zero-order valence-corrected chi connectivity index (χ0v) is 10.1. The van der Waals surface area contributed by atoms with Crippen molar-refractivity contribution in [3.63, 3.8) is 0 Å². The minimum Gasteiger partial charge on any atom is -0.481 e. The van der Waals surface area contributed by atoms with Crippen LogP contribution in [0.2, 0.25) is 0 Å². The van der Waals surface area contributed by atoms with E-state index < -0.39 is 5.91 Å². The number of hydrogen-bond acceptors (Lipinski definition) is 5. The van der Waals surface area contributed by atoms with Gasteiger partial charge in [0.2, 0.25) is 11.8 Å². The fourth-order valence-electron chi connectivity index (χ4n) is 1.41. The molecule has 0 radical (unpaired) electrons. The van der Waals surface area contributed by atoms with Crippen LogP contribution >= 0.6 is 0 Å². The topological polar surface area (TPSA) is 81.3 Å². The number of amides is 1. The van der Waals surface area contributed by atoms with Gasteiger partial charge in [-0.2, -0.15) is 4.98 Å². The molecule has 0 fully saturated rings. The third kappa shape index (κ3) is 2.76. The van der Waals surface area contributed by atoms with Gasteiger partial charge in [0.05, 0.1) is 12.8 Å². The molecule has 0 aliphatic rings. The highest BCUT2D eigenvalue weighted by molar-refractivity contribution is 5.93. The lowest BCUT2D eigenvalue weighted by Gasteiger charge is -2.12. The summed E-state index contributed by atoms with van der Waals surface area (Å²) in [6.45, 7) is 0. The molecule has 0 atom stereocenters. The molecule has 0 aliphatic heterocycles. The summed E-state index contributed by atoms with van der Waals surface area (Å²) in [5, 5.41) is 0.285. The summed E-state index contributed by atoms with van der Waals surface area (Å²) in [6.07, 6.45) is 1.38. The van der Waals surface area contributed by atoms with E-state index in [0.29, 0.717) is 5.56 Å². The first kappa shape index (κ1) is 12.7. The van der Waals surface area contributed by atoms with Gasteiger partial charge in [0.1, 0.15) is 0 Å². The molecule has 2 aromatic rings. The van der Waals surface area contributed by atoms with Gasteiger partial charge in [-0.15, -0.1) is 5.12 Å². The molecule has 2 N–H and O–H groups in total. The molecule has 1 aromatic carbocycles. The van der Waals surface area contributed by atoms with Crippen LogP contribution in [-0.4, -0.2) is 23.0 Å². The lowest BCUT2D eigenvalue weighted by atomic mass is 10.2. The summed E-state index contributed by atoms with van der Waals surface area (Å²) in [4.78, 5) is 18.5. The number of carbonyl (C=O) groups is 1. The van der Waals surface area contributed by atoms with Crippen molar-refractivity contribution in [1.29, 1.82) is 0 Å². The van der Waals surface area contributed by atoms with Crippen LogP contribution in [0.25, 0.3) is 0 Å². The Hall–Kier alpha value is -2.70. The first-order chi connectivity index (χ1) is 9.11. The first-order valence-corrected chi connectivity index (χ1v) is 5.34. The lowest BCUT2D eigenvalue weighted by Crippen LogP contribution is -2.12. The van der Waals surface area contributed by atoms with Gasteiger partial charge in [-0.1, -0.05) is 4.48 Å². The quantitative estimate of drug-likeness (QED) is 0.846. The van der Waals surface area contributed by atoms with Crippen LogP contribution in [0.1, 0.15) is 10.4 Å². The number of carbonyl (C=O) groups excluding carboxylic acids is 1. The maximum Gasteiger partial charge on any atom is 0.262 e. The summed E-state index contributed by atoms with van der Waals surface area (Å²) >= 11 is 0. The van der Waals surface area contributed by atoms with Crippen molar-refractivity contribution in [2.45, 2.75) is 0 Å². The second kappa shape index (κ2) is 5.30. The number of hydrogen-bond donors (Lipinski definition) is 1. The Balaban J connectivity index is 2.27. The number of ether oxygens (including phenoxy) is 1. The predicted octanol–water partition coefficient (Wildman–Crippen LogP) is 1.61. The normalized spacial score (nSPS) is 10.0. The molecular weight excluding hydrogens is 251 g/mol. The van der Waals surface area contributed by atoms with Gasteiger partial charge < -0.3 is 10.5 Å². The number of nitrogens with two attached hydrogens (primary N) is 1. The van der Waals surface area contributed by atoms with Crippen molar-refractivity contribution < 1.29 is 14.0 Å². The molecule has 1 aromatic heterocycles. The zero-order chi connectivity index (χ0) is 13.8. The fraction of sp³-hybridized carbons (Fsp3) is 0.0833. The Morgan fingerprint density at radius 3 is 2.58 bits per heavy atom. The third-order valence-corrected chi connectivity index (χ3v) is 2.38. The van der Waals surface area contributed by atoms with Gasteiger partial charge in [-0.3, -0.25) is 4.79 Å². The van der Waals surface area contributed by atoms with Crippen LogP contribution in [0.3, 0.4) is 0 Å². The van der Waals surface area contributed by atoms with Gasteiger partial charge in [0, 0.05) is 17.8 Å². The van der Waals surface area contributed by atoms with Crippen molar-refractivity contribution in [3.8, 4) is 5.88 Å². The SMILES string of the molecule is COc1ccnc(N(F)c2ccc(C(N)=O)cc2)n1. The predicted molar refractivity (Wildman–Crippen MR) is 66.8 cm³/mol. The zero-order valence-electron chi connectivity index (χ0n) is 10.1. The number of anilines is 2. The van der Waals surface area contributed by atoms with Crippen LogP contribution in [0.15, 0.2) is 36.5 Å². The van der Waals surface area contributed by atoms with E-state index in [9.17, 15) is 9.28 Å². The number of nitrogens with zero attached hydrogens (tertiary/aromatic N) is 3. The second-order valence-corrected chi connectivity index (χ2v) is 3.59. The summed E-state index contributed by atoms with van der Waals surface area (Å²) in [5.41, 5.74) is 5.58. The number of halogens is 1. The Morgan fingerprint density at radius 1 is 1.32 bits per heavy atom. The molecule has 1 amide bonds. The smallest absolute Gasteiger partial charge is 0.262 e. The van der Waals surface area contributed by atoms with Crippen LogP contribution in [0.5, 0.6) is 5.88 Å². The van der Waals surface area contributed by atoms with Gasteiger partial charge in [0.15, 0.2) is 0 Å². The molecule has 0 unspecified atom stereocenters. The summed E-state index contributed by atoms with van der Waals surface area (Å²) < 4.78 is 18.9. The number of aromatic nitrogens is 2. The third-order valence-electron chi connectivity index (χ3n) is 2.38. The molecule has 19 heavy (non-hydrogen) atoms. The average Bonchev–Trinajstić information content (AvgIpc) is 2.46. The van der Waals surface area contributed by atoms with E-state index >= 15 is 0 Å². The fourth-order valence-corrected chi connectivity index (χ4v) is 1.41. The highest BCUT2D eigenvalue weighted by Gasteiger charge is 2.12. The van der Waals surface area contributed by atoms with Crippen molar-refractivity contribution in [2.24, 2.45) is 5.73 Å². The molecule has 0 saturated carbocycles. The van der Waals surface area contributed by atoms with Crippen LogP contribution in [-0.2, 0) is 0 Å². The number of methoxy groups -OCH3 is 1. The molecule has 0 bridgehead atoms. The molecule has 0 aliphatic carbocycles. The molecule has 6 nitrogen and oxygen atoms in total. The Bertz CT molecular complexity index is 589. The van der Waals surface area contributed by atoms with Crippen LogP contribution in [0, 0.1) is 0 Å².